The maximum absolute atomic E-state index is 12.6. The zero-order chi connectivity index (χ0) is 37.7. The van der Waals surface area contributed by atoms with Gasteiger partial charge in [0, 0.05) is 13.0 Å². The highest BCUT2D eigenvalue weighted by atomic mass is 31.2. The molecule has 0 amide bonds. The average molecular weight is 737 g/mol. The Morgan fingerprint density at radius 1 is 0.627 bits per heavy atom. The Balaban J connectivity index is 4.36. The fraction of sp³-hybridized carbons (Fsp3) is 0.690. The molecule has 0 saturated carbocycles. The standard InChI is InChI=1S/C42H74NO7P/c1-6-8-10-12-14-16-17-18-19-20-21-22-23-24-25-26-28-30-32-34-37-47-39-41(40-49-51(45,46)48-38-36-43(3,4)5)50-42(44)35-33-31-29-27-15-13-11-9-7-2/h8,10,14,16,18-19,21-22,24-25,28,30,41H,6-7,9,11-13,15,17,20,23,26-27,29,31-40H2,1-5H3/p+1/b10-8-,16-14-,19-18-,22-21-,25-24-,30-28-. The van der Waals surface area contributed by atoms with Gasteiger partial charge in [-0.15, -0.1) is 0 Å². The number of carbonyl (C=O) groups is 1. The number of phosphoric acid groups is 1. The summed E-state index contributed by atoms with van der Waals surface area (Å²) in [5.74, 6) is -0.341. The minimum atomic E-state index is -4.28. The Bertz CT molecular complexity index is 1040. The lowest BCUT2D eigenvalue weighted by Crippen LogP contribution is -2.37. The molecule has 0 aliphatic carbocycles. The molecule has 1 N–H and O–H groups in total. The van der Waals surface area contributed by atoms with Crippen molar-refractivity contribution >= 4 is 13.8 Å². The van der Waals surface area contributed by atoms with Crippen LogP contribution in [0.5, 0.6) is 0 Å². The van der Waals surface area contributed by atoms with Crippen molar-refractivity contribution in [2.45, 2.75) is 136 Å². The number of carbonyl (C=O) groups excluding carboxylic acids is 1. The molecular weight excluding hydrogens is 661 g/mol. The lowest BCUT2D eigenvalue weighted by molar-refractivity contribution is -0.870. The highest BCUT2D eigenvalue weighted by Crippen LogP contribution is 2.43. The van der Waals surface area contributed by atoms with Crippen molar-refractivity contribution in [2.24, 2.45) is 0 Å². The molecule has 8 nitrogen and oxygen atoms in total. The van der Waals surface area contributed by atoms with Crippen molar-refractivity contribution in [3.63, 3.8) is 0 Å². The maximum atomic E-state index is 12.6. The molecule has 294 valence electrons. The van der Waals surface area contributed by atoms with Crippen LogP contribution in [0.2, 0.25) is 0 Å². The van der Waals surface area contributed by atoms with E-state index in [9.17, 15) is 14.3 Å². The summed E-state index contributed by atoms with van der Waals surface area (Å²) in [5, 5.41) is 0. The minimum Gasteiger partial charge on any atom is -0.457 e. The quantitative estimate of drug-likeness (QED) is 0.0228. The summed E-state index contributed by atoms with van der Waals surface area (Å²) in [5.41, 5.74) is 0. The number of hydrogen-bond donors (Lipinski definition) is 1. The normalized spacial score (nSPS) is 14.7. The number of quaternary nitrogens is 1. The molecule has 0 aliphatic heterocycles. The van der Waals surface area contributed by atoms with Crippen molar-refractivity contribution in [1.82, 2.24) is 0 Å². The van der Waals surface area contributed by atoms with Gasteiger partial charge in [-0.25, -0.2) is 4.57 Å². The van der Waals surface area contributed by atoms with Crippen LogP contribution >= 0.6 is 7.82 Å². The van der Waals surface area contributed by atoms with E-state index in [0.717, 1.165) is 70.6 Å². The summed E-state index contributed by atoms with van der Waals surface area (Å²) < 4.78 is 34.7. The Morgan fingerprint density at radius 3 is 1.63 bits per heavy atom. The van der Waals surface area contributed by atoms with Gasteiger partial charge in [-0.1, -0.05) is 138 Å². The van der Waals surface area contributed by atoms with Crippen molar-refractivity contribution < 1.29 is 37.3 Å². The van der Waals surface area contributed by atoms with E-state index < -0.39 is 13.9 Å². The molecular formula is C42H75NO7P+. The van der Waals surface area contributed by atoms with Gasteiger partial charge in [0.2, 0.25) is 0 Å². The minimum absolute atomic E-state index is 0.0748. The van der Waals surface area contributed by atoms with E-state index in [0.29, 0.717) is 24.1 Å². The summed E-state index contributed by atoms with van der Waals surface area (Å²) in [6, 6.07) is 0. The van der Waals surface area contributed by atoms with Crippen molar-refractivity contribution in [2.75, 3.05) is 54.1 Å². The molecule has 0 rings (SSSR count). The van der Waals surface area contributed by atoms with E-state index >= 15 is 0 Å². The van der Waals surface area contributed by atoms with Gasteiger partial charge in [-0.05, 0) is 57.8 Å². The van der Waals surface area contributed by atoms with Gasteiger partial charge in [0.25, 0.3) is 0 Å². The summed E-state index contributed by atoms with van der Waals surface area (Å²) in [6.07, 6.45) is 43.8. The fourth-order valence-electron chi connectivity index (χ4n) is 4.74. The predicted octanol–water partition coefficient (Wildman–Crippen LogP) is 11.2. The van der Waals surface area contributed by atoms with Crippen LogP contribution in [0, 0.1) is 0 Å². The molecule has 0 radical (unpaired) electrons. The Hall–Kier alpha value is -2.06. The third kappa shape index (κ3) is 39.0. The summed E-state index contributed by atoms with van der Waals surface area (Å²) >= 11 is 0. The molecule has 0 bridgehead atoms. The van der Waals surface area contributed by atoms with Crippen LogP contribution in [0.1, 0.15) is 129 Å². The molecule has 0 aromatic heterocycles. The van der Waals surface area contributed by atoms with E-state index in [1.54, 1.807) is 0 Å². The highest BCUT2D eigenvalue weighted by Gasteiger charge is 2.26. The Morgan fingerprint density at radius 2 is 1.12 bits per heavy atom. The second-order valence-corrected chi connectivity index (χ2v) is 15.4. The molecule has 0 aromatic carbocycles. The zero-order valence-corrected chi connectivity index (χ0v) is 34.0. The second-order valence-electron chi connectivity index (χ2n) is 13.9. The Labute approximate surface area is 312 Å². The highest BCUT2D eigenvalue weighted by molar-refractivity contribution is 7.47. The third-order valence-corrected chi connectivity index (χ3v) is 8.77. The van der Waals surface area contributed by atoms with Crippen LogP contribution in [0.3, 0.4) is 0 Å². The number of phosphoric ester groups is 1. The molecule has 0 heterocycles. The summed E-state index contributed by atoms with van der Waals surface area (Å²) in [4.78, 5) is 22.7. The first kappa shape index (κ1) is 48.9. The van der Waals surface area contributed by atoms with Gasteiger partial charge in [0.05, 0.1) is 34.4 Å². The largest absolute Gasteiger partial charge is 0.472 e. The maximum Gasteiger partial charge on any atom is 0.472 e. The van der Waals surface area contributed by atoms with E-state index in [-0.39, 0.29) is 25.8 Å². The molecule has 0 aliphatic rings. The van der Waals surface area contributed by atoms with E-state index in [4.69, 9.17) is 18.5 Å². The topological polar surface area (TPSA) is 91.3 Å². The number of hydrogen-bond acceptors (Lipinski definition) is 6. The third-order valence-electron chi connectivity index (χ3n) is 7.78. The molecule has 0 fully saturated rings. The summed E-state index contributed by atoms with van der Waals surface area (Å²) in [7, 11) is 1.62. The molecule has 2 atom stereocenters. The number of rotatable bonds is 35. The molecule has 9 heteroatoms. The smallest absolute Gasteiger partial charge is 0.457 e. The van der Waals surface area contributed by atoms with E-state index in [2.05, 4.69) is 86.8 Å². The SMILES string of the molecule is CC/C=C\C/C=C\C/C=C\C/C=C\C/C=C\C/C=C\CCCOCC(COP(=O)(O)OCC[N+](C)(C)C)OC(=O)CCCCCCCCCCC. The Kier molecular flexibility index (Phi) is 33.6. The first-order chi connectivity index (χ1) is 24.6. The molecule has 2 unspecified atom stereocenters. The van der Waals surface area contributed by atoms with Gasteiger partial charge in [-0.2, -0.15) is 0 Å². The van der Waals surface area contributed by atoms with Crippen molar-refractivity contribution in [3.05, 3.63) is 72.9 Å². The number of likely N-dealkylation sites (N-methyl/N-ethyl adjacent to an activating group) is 1. The van der Waals surface area contributed by atoms with Gasteiger partial charge in [0.15, 0.2) is 0 Å². The number of unbranched alkanes of at least 4 members (excludes halogenated alkanes) is 9. The number of nitrogens with zero attached hydrogens (tertiary/aromatic N) is 1. The average Bonchev–Trinajstić information content (AvgIpc) is 3.08. The lowest BCUT2D eigenvalue weighted by Gasteiger charge is -2.24. The van der Waals surface area contributed by atoms with E-state index in [1.165, 1.54) is 38.5 Å². The van der Waals surface area contributed by atoms with Gasteiger partial charge >= 0.3 is 13.8 Å². The van der Waals surface area contributed by atoms with E-state index in [1.807, 2.05) is 21.1 Å². The van der Waals surface area contributed by atoms with Crippen LogP contribution in [0.25, 0.3) is 0 Å². The number of allylic oxidation sites excluding steroid dienone is 12. The predicted molar refractivity (Wildman–Crippen MR) is 215 cm³/mol. The molecule has 51 heavy (non-hydrogen) atoms. The van der Waals surface area contributed by atoms with Crippen LogP contribution in [-0.4, -0.2) is 75.6 Å². The number of esters is 1. The first-order valence-corrected chi connectivity index (χ1v) is 21.2. The van der Waals surface area contributed by atoms with Gasteiger partial charge in [-0.3, -0.25) is 13.8 Å². The lowest BCUT2D eigenvalue weighted by atomic mass is 10.1. The summed E-state index contributed by atoms with van der Waals surface area (Å²) in [6.45, 7) is 5.30. The van der Waals surface area contributed by atoms with Crippen LogP contribution in [-0.2, 0) is 27.9 Å². The van der Waals surface area contributed by atoms with Crippen molar-refractivity contribution in [3.8, 4) is 0 Å². The van der Waals surface area contributed by atoms with Crippen LogP contribution < -0.4 is 0 Å². The molecule has 0 spiro atoms. The van der Waals surface area contributed by atoms with Crippen molar-refractivity contribution in [1.29, 1.82) is 0 Å². The van der Waals surface area contributed by atoms with Crippen LogP contribution in [0.15, 0.2) is 72.9 Å². The monoisotopic (exact) mass is 737 g/mol. The first-order valence-electron chi connectivity index (χ1n) is 19.7. The molecule has 0 aromatic rings. The van der Waals surface area contributed by atoms with Gasteiger partial charge < -0.3 is 18.9 Å². The molecule has 0 saturated heterocycles. The number of ether oxygens (including phenoxy) is 2. The zero-order valence-electron chi connectivity index (χ0n) is 33.1. The van der Waals surface area contributed by atoms with Crippen LogP contribution in [0.4, 0.5) is 0 Å². The second kappa shape index (κ2) is 35.0. The van der Waals surface area contributed by atoms with Gasteiger partial charge in [0.1, 0.15) is 19.3 Å². The fourth-order valence-corrected chi connectivity index (χ4v) is 5.48.